The molecule has 1 aromatic carbocycles. The first kappa shape index (κ1) is 19.6. The predicted octanol–water partition coefficient (Wildman–Crippen LogP) is 1.74. The lowest BCUT2D eigenvalue weighted by molar-refractivity contribution is -0.121. The smallest absolute Gasteiger partial charge is 0.294 e. The number of aromatic nitrogens is 4. The van der Waals surface area contributed by atoms with Crippen molar-refractivity contribution in [3.05, 3.63) is 54.0 Å². The van der Waals surface area contributed by atoms with Crippen molar-refractivity contribution in [1.29, 1.82) is 0 Å². The topological polar surface area (TPSA) is 116 Å². The summed E-state index contributed by atoms with van der Waals surface area (Å²) in [6.45, 7) is 2.44. The van der Waals surface area contributed by atoms with E-state index in [1.807, 2.05) is 31.2 Å². The molecule has 3 heterocycles. The average molecular weight is 406 g/mol. The summed E-state index contributed by atoms with van der Waals surface area (Å²) < 4.78 is 6.72. The van der Waals surface area contributed by atoms with Crippen LogP contribution in [-0.2, 0) is 4.79 Å². The van der Waals surface area contributed by atoms with Crippen molar-refractivity contribution in [3.8, 4) is 23.0 Å². The highest BCUT2D eigenvalue weighted by Gasteiger charge is 2.35. The largest absolute Gasteiger partial charge is 0.481 e. The van der Waals surface area contributed by atoms with Gasteiger partial charge in [-0.3, -0.25) is 9.59 Å². The molecule has 2 aromatic heterocycles. The van der Waals surface area contributed by atoms with Gasteiger partial charge in [0.05, 0.1) is 12.8 Å². The second kappa shape index (κ2) is 7.94. The van der Waals surface area contributed by atoms with Gasteiger partial charge in [0.1, 0.15) is 6.04 Å². The second-order valence-electron chi connectivity index (χ2n) is 7.15. The number of methoxy groups -OCH3 is 1. The highest BCUT2D eigenvalue weighted by atomic mass is 16.5. The van der Waals surface area contributed by atoms with E-state index in [9.17, 15) is 9.59 Å². The number of nitrogens with zero attached hydrogens (tertiary/aromatic N) is 5. The second-order valence-corrected chi connectivity index (χ2v) is 7.15. The van der Waals surface area contributed by atoms with Crippen molar-refractivity contribution in [3.63, 3.8) is 0 Å². The van der Waals surface area contributed by atoms with E-state index in [-0.39, 0.29) is 5.82 Å². The molecule has 30 heavy (non-hydrogen) atoms. The molecule has 1 saturated heterocycles. The van der Waals surface area contributed by atoms with E-state index in [1.165, 1.54) is 4.90 Å². The molecule has 2 amide bonds. The van der Waals surface area contributed by atoms with Crippen LogP contribution in [0.5, 0.6) is 5.88 Å². The van der Waals surface area contributed by atoms with E-state index < -0.39 is 17.9 Å². The van der Waals surface area contributed by atoms with Gasteiger partial charge in [0.2, 0.25) is 17.6 Å². The highest BCUT2D eigenvalue weighted by Crippen LogP contribution is 2.24. The minimum atomic E-state index is -0.630. The minimum absolute atomic E-state index is 0.00884. The Labute approximate surface area is 173 Å². The summed E-state index contributed by atoms with van der Waals surface area (Å²) >= 11 is 0. The fraction of sp³-hybridized carbons (Fsp3) is 0.286. The van der Waals surface area contributed by atoms with Crippen molar-refractivity contribution in [2.75, 3.05) is 13.7 Å². The molecule has 3 aromatic rings. The molecule has 0 radical (unpaired) electrons. The van der Waals surface area contributed by atoms with Crippen molar-refractivity contribution in [2.24, 2.45) is 5.73 Å². The molecule has 1 aliphatic rings. The average Bonchev–Trinajstić information content (AvgIpc) is 3.42. The first-order valence-electron chi connectivity index (χ1n) is 9.62. The number of ether oxygens (including phenoxy) is 1. The zero-order valence-electron chi connectivity index (χ0n) is 16.8. The fourth-order valence-corrected chi connectivity index (χ4v) is 3.52. The summed E-state index contributed by atoms with van der Waals surface area (Å²) in [6, 6.07) is 10.6. The van der Waals surface area contributed by atoms with Gasteiger partial charge in [0.15, 0.2) is 5.82 Å². The lowest BCUT2D eigenvalue weighted by atomic mass is 10.2. The first-order chi connectivity index (χ1) is 14.5. The first-order valence-corrected chi connectivity index (χ1v) is 9.62. The maximum absolute atomic E-state index is 13.1. The fourth-order valence-electron chi connectivity index (χ4n) is 3.52. The Bertz CT molecular complexity index is 1080. The van der Waals surface area contributed by atoms with Gasteiger partial charge in [-0.1, -0.05) is 17.7 Å². The molecule has 0 aliphatic carbocycles. The molecule has 0 bridgehead atoms. The lowest BCUT2D eigenvalue weighted by Crippen LogP contribution is -2.44. The van der Waals surface area contributed by atoms with Crippen LogP contribution in [0.25, 0.3) is 17.1 Å². The molecule has 154 valence electrons. The number of carbonyl (C=O) groups excluding carboxylic acids is 2. The number of hydrogen-bond donors (Lipinski definition) is 1. The Balaban J connectivity index is 1.78. The van der Waals surface area contributed by atoms with Crippen molar-refractivity contribution in [1.82, 2.24) is 24.6 Å². The predicted molar refractivity (Wildman–Crippen MR) is 109 cm³/mol. The van der Waals surface area contributed by atoms with Gasteiger partial charge in [0, 0.05) is 24.4 Å². The Morgan fingerprint density at radius 2 is 1.93 bits per heavy atom. The van der Waals surface area contributed by atoms with E-state index >= 15 is 0 Å². The normalized spacial score (nSPS) is 15.9. The van der Waals surface area contributed by atoms with Gasteiger partial charge in [0.25, 0.3) is 5.91 Å². The van der Waals surface area contributed by atoms with E-state index in [1.54, 1.807) is 30.1 Å². The molecule has 4 rings (SSSR count). The number of benzene rings is 1. The van der Waals surface area contributed by atoms with E-state index in [0.29, 0.717) is 36.7 Å². The van der Waals surface area contributed by atoms with Gasteiger partial charge in [-0.05, 0) is 38.0 Å². The van der Waals surface area contributed by atoms with Crippen LogP contribution in [0.3, 0.4) is 0 Å². The molecule has 0 saturated carbocycles. The number of pyridine rings is 1. The zero-order chi connectivity index (χ0) is 21.3. The molecular weight excluding hydrogens is 384 g/mol. The number of likely N-dealkylation sites (tertiary alicyclic amines) is 1. The van der Waals surface area contributed by atoms with Crippen LogP contribution in [0.2, 0.25) is 0 Å². The van der Waals surface area contributed by atoms with Gasteiger partial charge in [-0.2, -0.15) is 0 Å². The third-order valence-electron chi connectivity index (χ3n) is 5.12. The lowest BCUT2D eigenvalue weighted by Gasteiger charge is -2.20. The third kappa shape index (κ3) is 3.61. The number of rotatable bonds is 5. The van der Waals surface area contributed by atoms with Crippen LogP contribution in [0, 0.1) is 6.92 Å². The Morgan fingerprint density at radius 1 is 1.17 bits per heavy atom. The van der Waals surface area contributed by atoms with Gasteiger partial charge < -0.3 is 15.4 Å². The molecule has 9 nitrogen and oxygen atoms in total. The number of carbonyl (C=O) groups is 2. The molecule has 9 heteroatoms. The molecule has 2 N–H and O–H groups in total. The number of aryl methyl sites for hydroxylation is 1. The molecule has 1 aliphatic heterocycles. The van der Waals surface area contributed by atoms with Crippen molar-refractivity contribution < 1.29 is 14.3 Å². The van der Waals surface area contributed by atoms with E-state index in [2.05, 4.69) is 15.1 Å². The van der Waals surface area contributed by atoms with E-state index in [4.69, 9.17) is 10.5 Å². The molecule has 1 atom stereocenters. The number of nitrogens with two attached hydrogens (primary N) is 1. The molecule has 0 spiro atoms. The molecular formula is C21H22N6O3. The van der Waals surface area contributed by atoms with E-state index in [0.717, 1.165) is 11.3 Å². The standard InChI is InChI=1S/C21H22N6O3/c1-13-5-8-15(9-6-13)27-20(14-7-10-17(30-2)23-12-14)24-19(25-27)21(29)26-11-3-4-16(26)18(22)28/h5-10,12,16H,3-4,11H2,1-2H3,(H2,22,28)/t16-/m0/s1. The molecule has 1 fully saturated rings. The molecule has 0 unspecified atom stereocenters. The summed E-state index contributed by atoms with van der Waals surface area (Å²) in [5.41, 5.74) is 8.00. The van der Waals surface area contributed by atoms with Crippen LogP contribution in [0.1, 0.15) is 29.0 Å². The van der Waals surface area contributed by atoms with Crippen LogP contribution in [-0.4, -0.2) is 56.2 Å². The number of hydrogen-bond acceptors (Lipinski definition) is 6. The van der Waals surface area contributed by atoms with Crippen LogP contribution in [0.4, 0.5) is 0 Å². The van der Waals surface area contributed by atoms with Crippen molar-refractivity contribution in [2.45, 2.75) is 25.8 Å². The Hall–Kier alpha value is -3.75. The quantitative estimate of drug-likeness (QED) is 0.690. The van der Waals surface area contributed by atoms with Crippen LogP contribution < -0.4 is 10.5 Å². The summed E-state index contributed by atoms with van der Waals surface area (Å²) in [6.07, 6.45) is 2.88. The van der Waals surface area contributed by atoms with Crippen LogP contribution >= 0.6 is 0 Å². The number of primary amides is 1. The SMILES string of the molecule is COc1ccc(-c2nc(C(=O)N3CCC[C@H]3C(N)=O)nn2-c2ccc(C)cc2)cn1. The summed E-state index contributed by atoms with van der Waals surface area (Å²) in [5.74, 6) is 0.0165. The number of amides is 2. The van der Waals surface area contributed by atoms with Crippen LogP contribution in [0.15, 0.2) is 42.6 Å². The van der Waals surface area contributed by atoms with Gasteiger partial charge in [-0.15, -0.1) is 5.10 Å². The third-order valence-corrected chi connectivity index (χ3v) is 5.12. The minimum Gasteiger partial charge on any atom is -0.481 e. The summed E-state index contributed by atoms with van der Waals surface area (Å²) in [5, 5.41) is 4.47. The highest BCUT2D eigenvalue weighted by molar-refractivity contribution is 5.95. The summed E-state index contributed by atoms with van der Waals surface area (Å²) in [7, 11) is 1.54. The van der Waals surface area contributed by atoms with Gasteiger partial charge >= 0.3 is 0 Å². The Morgan fingerprint density at radius 3 is 2.57 bits per heavy atom. The maximum atomic E-state index is 13.1. The van der Waals surface area contributed by atoms with Crippen molar-refractivity contribution >= 4 is 11.8 Å². The monoisotopic (exact) mass is 406 g/mol. The zero-order valence-corrected chi connectivity index (χ0v) is 16.8. The maximum Gasteiger partial charge on any atom is 0.294 e. The van der Waals surface area contributed by atoms with Gasteiger partial charge in [-0.25, -0.2) is 14.6 Å². The summed E-state index contributed by atoms with van der Waals surface area (Å²) in [4.78, 5) is 35.0. The Kier molecular flexibility index (Phi) is 5.18.